The zero-order valence-corrected chi connectivity index (χ0v) is 17.1. The Morgan fingerprint density at radius 3 is 2.42 bits per heavy atom. The van der Waals surface area contributed by atoms with Gasteiger partial charge in [0.2, 0.25) is 11.9 Å². The van der Waals surface area contributed by atoms with Crippen LogP contribution in [0.4, 0.5) is 14.7 Å². The van der Waals surface area contributed by atoms with Crippen LogP contribution < -0.4 is 5.73 Å². The molecule has 160 valence electrons. The van der Waals surface area contributed by atoms with Gasteiger partial charge in [0.15, 0.2) is 0 Å². The second-order valence-electron chi connectivity index (χ2n) is 7.76. The van der Waals surface area contributed by atoms with Crippen LogP contribution in [-0.2, 0) is 11.2 Å². The summed E-state index contributed by atoms with van der Waals surface area (Å²) in [5.74, 6) is -0.445. The Labute approximate surface area is 179 Å². The van der Waals surface area contributed by atoms with Gasteiger partial charge in [-0.3, -0.25) is 4.79 Å². The summed E-state index contributed by atoms with van der Waals surface area (Å²) in [6.07, 6.45) is 5.17. The van der Waals surface area contributed by atoms with Crippen LogP contribution in [0.15, 0.2) is 54.7 Å². The number of halogens is 2. The first-order chi connectivity index (χ1) is 15.0. The molecule has 2 heterocycles. The minimum atomic E-state index is -0.322. The molecule has 2 N–H and O–H groups in total. The second kappa shape index (κ2) is 9.20. The molecule has 3 aromatic rings. The average molecular weight is 422 g/mol. The fourth-order valence-electron chi connectivity index (χ4n) is 4.08. The number of rotatable bonds is 5. The van der Waals surface area contributed by atoms with E-state index >= 15 is 0 Å². The number of nitrogens with zero attached hydrogens (tertiary/aromatic N) is 3. The molecular formula is C24H24F2N4O. The van der Waals surface area contributed by atoms with Crippen LogP contribution in [0.5, 0.6) is 0 Å². The molecule has 2 aromatic carbocycles. The Hall–Kier alpha value is -3.35. The second-order valence-corrected chi connectivity index (χ2v) is 7.76. The largest absolute Gasteiger partial charge is 0.368 e. The van der Waals surface area contributed by atoms with Gasteiger partial charge in [-0.05, 0) is 61.1 Å². The van der Waals surface area contributed by atoms with Gasteiger partial charge in [0.25, 0.3) is 0 Å². The molecule has 31 heavy (non-hydrogen) atoms. The lowest BCUT2D eigenvalue weighted by atomic mass is 9.93. The summed E-state index contributed by atoms with van der Waals surface area (Å²) >= 11 is 0. The van der Waals surface area contributed by atoms with E-state index in [2.05, 4.69) is 9.97 Å². The number of carbonyl (C=O) groups excluding carboxylic acids is 1. The number of nitrogen functional groups attached to an aromatic ring is 1. The Morgan fingerprint density at radius 1 is 1.03 bits per heavy atom. The maximum atomic E-state index is 13.4. The maximum Gasteiger partial charge on any atom is 0.223 e. The molecule has 1 saturated heterocycles. The monoisotopic (exact) mass is 422 g/mol. The molecule has 7 heteroatoms. The van der Waals surface area contributed by atoms with E-state index in [1.807, 2.05) is 4.90 Å². The Balaban J connectivity index is 1.59. The normalized spacial score (nSPS) is 16.3. The Bertz CT molecular complexity index is 1050. The van der Waals surface area contributed by atoms with Crippen LogP contribution in [0.25, 0.3) is 11.1 Å². The highest BCUT2D eigenvalue weighted by atomic mass is 19.1. The van der Waals surface area contributed by atoms with Crippen molar-refractivity contribution in [2.75, 3.05) is 12.3 Å². The summed E-state index contributed by atoms with van der Waals surface area (Å²) in [6.45, 7) is 0.639. The Kier molecular flexibility index (Phi) is 6.21. The van der Waals surface area contributed by atoms with Crippen molar-refractivity contribution in [2.45, 2.75) is 38.1 Å². The van der Waals surface area contributed by atoms with E-state index in [-0.39, 0.29) is 29.5 Å². The molecule has 1 unspecified atom stereocenters. The molecule has 0 saturated carbocycles. The predicted octanol–water partition coefficient (Wildman–Crippen LogP) is 4.69. The molecule has 1 amide bonds. The smallest absolute Gasteiger partial charge is 0.223 e. The van der Waals surface area contributed by atoms with Crippen molar-refractivity contribution in [3.8, 4) is 11.1 Å². The van der Waals surface area contributed by atoms with Crippen LogP contribution in [-0.4, -0.2) is 27.3 Å². The summed E-state index contributed by atoms with van der Waals surface area (Å²) in [5, 5.41) is 0. The summed E-state index contributed by atoms with van der Waals surface area (Å²) in [4.78, 5) is 23.6. The van der Waals surface area contributed by atoms with Crippen molar-refractivity contribution in [2.24, 2.45) is 0 Å². The van der Waals surface area contributed by atoms with Crippen LogP contribution in [0.1, 0.15) is 43.0 Å². The van der Waals surface area contributed by atoms with Gasteiger partial charge in [-0.25, -0.2) is 18.7 Å². The van der Waals surface area contributed by atoms with Crippen LogP contribution in [0, 0.1) is 11.6 Å². The number of piperidine rings is 1. The van der Waals surface area contributed by atoms with Crippen LogP contribution >= 0.6 is 0 Å². The van der Waals surface area contributed by atoms with E-state index in [1.165, 1.54) is 24.3 Å². The highest BCUT2D eigenvalue weighted by Crippen LogP contribution is 2.36. The molecule has 0 spiro atoms. The molecule has 1 aliphatic rings. The molecular weight excluding hydrogens is 398 g/mol. The quantitative estimate of drug-likeness (QED) is 0.647. The first-order valence-electron chi connectivity index (χ1n) is 10.4. The third-order valence-electron chi connectivity index (χ3n) is 5.67. The fraction of sp³-hybridized carbons (Fsp3) is 0.292. The third kappa shape index (κ3) is 4.87. The summed E-state index contributed by atoms with van der Waals surface area (Å²) in [5.41, 5.74) is 9.02. The van der Waals surface area contributed by atoms with Gasteiger partial charge in [-0.1, -0.05) is 24.3 Å². The lowest BCUT2D eigenvalue weighted by molar-refractivity contribution is -0.135. The third-order valence-corrected chi connectivity index (χ3v) is 5.67. The van der Waals surface area contributed by atoms with Crippen molar-refractivity contribution in [3.63, 3.8) is 0 Å². The predicted molar refractivity (Wildman–Crippen MR) is 115 cm³/mol. The first-order valence-corrected chi connectivity index (χ1v) is 10.4. The van der Waals surface area contributed by atoms with E-state index in [9.17, 15) is 13.6 Å². The highest BCUT2D eigenvalue weighted by Gasteiger charge is 2.31. The van der Waals surface area contributed by atoms with Crippen molar-refractivity contribution in [3.05, 3.63) is 77.6 Å². The first kappa shape index (κ1) is 20.9. The van der Waals surface area contributed by atoms with E-state index < -0.39 is 0 Å². The summed E-state index contributed by atoms with van der Waals surface area (Å²) in [6, 6.07) is 12.1. The van der Waals surface area contributed by atoms with Gasteiger partial charge < -0.3 is 10.6 Å². The van der Waals surface area contributed by atoms with E-state index in [0.29, 0.717) is 25.1 Å². The lowest BCUT2D eigenvalue weighted by Crippen LogP contribution is -2.39. The number of benzene rings is 2. The molecule has 1 aromatic heterocycles. The molecule has 1 aliphatic heterocycles. The number of anilines is 1. The number of amides is 1. The topological polar surface area (TPSA) is 72.1 Å². The van der Waals surface area contributed by atoms with Gasteiger partial charge in [-0.2, -0.15) is 0 Å². The van der Waals surface area contributed by atoms with E-state index in [0.717, 1.165) is 36.0 Å². The minimum absolute atomic E-state index is 0.0243. The van der Waals surface area contributed by atoms with E-state index in [1.54, 1.807) is 30.5 Å². The zero-order valence-electron chi connectivity index (χ0n) is 17.1. The van der Waals surface area contributed by atoms with Crippen molar-refractivity contribution >= 4 is 11.9 Å². The number of hydrogen-bond acceptors (Lipinski definition) is 4. The molecule has 1 atom stereocenters. The standard InChI is InChI=1S/C24H24F2N4O/c25-18-9-4-16(5-10-18)6-13-22(31)30-14-2-1-3-21(30)23-20(15-28-24(27)29-23)17-7-11-19(26)12-8-17/h4-5,7-12,15,21H,1-3,6,13-14H2,(H2,27,28,29). The number of aryl methyl sites for hydroxylation is 1. The number of carbonyl (C=O) groups is 1. The SMILES string of the molecule is Nc1ncc(-c2ccc(F)cc2)c(C2CCCCN2C(=O)CCc2ccc(F)cc2)n1. The Morgan fingerprint density at radius 2 is 1.71 bits per heavy atom. The van der Waals surface area contributed by atoms with Crippen molar-refractivity contribution in [1.82, 2.24) is 14.9 Å². The average Bonchev–Trinajstić information content (AvgIpc) is 2.79. The van der Waals surface area contributed by atoms with Gasteiger partial charge in [0.05, 0.1) is 11.7 Å². The zero-order chi connectivity index (χ0) is 21.8. The fourth-order valence-corrected chi connectivity index (χ4v) is 4.08. The van der Waals surface area contributed by atoms with Gasteiger partial charge in [0.1, 0.15) is 11.6 Å². The van der Waals surface area contributed by atoms with Crippen molar-refractivity contribution in [1.29, 1.82) is 0 Å². The molecule has 1 fully saturated rings. The number of hydrogen-bond donors (Lipinski definition) is 1. The summed E-state index contributed by atoms with van der Waals surface area (Å²) < 4.78 is 26.5. The van der Waals surface area contributed by atoms with Gasteiger partial charge in [-0.15, -0.1) is 0 Å². The number of aromatic nitrogens is 2. The van der Waals surface area contributed by atoms with Gasteiger partial charge in [0, 0.05) is 24.7 Å². The van der Waals surface area contributed by atoms with Crippen molar-refractivity contribution < 1.29 is 13.6 Å². The van der Waals surface area contributed by atoms with E-state index in [4.69, 9.17) is 5.73 Å². The molecule has 4 rings (SSSR count). The number of nitrogens with two attached hydrogens (primary N) is 1. The van der Waals surface area contributed by atoms with Crippen LogP contribution in [0.3, 0.4) is 0 Å². The highest BCUT2D eigenvalue weighted by molar-refractivity contribution is 5.78. The van der Waals surface area contributed by atoms with Gasteiger partial charge >= 0.3 is 0 Å². The molecule has 5 nitrogen and oxygen atoms in total. The maximum absolute atomic E-state index is 13.4. The summed E-state index contributed by atoms with van der Waals surface area (Å²) in [7, 11) is 0. The molecule has 0 radical (unpaired) electrons. The minimum Gasteiger partial charge on any atom is -0.368 e. The molecule has 0 aliphatic carbocycles. The lowest BCUT2D eigenvalue weighted by Gasteiger charge is -2.36. The van der Waals surface area contributed by atoms with Crippen LogP contribution in [0.2, 0.25) is 0 Å². The number of likely N-dealkylation sites (tertiary alicyclic amines) is 1. The molecule has 0 bridgehead atoms.